The first-order valence-electron chi connectivity index (χ1n) is 25.5. The molecule has 2 amide bonds. The van der Waals surface area contributed by atoms with E-state index in [1.54, 1.807) is 43.4 Å². The molecule has 3 saturated heterocycles. The van der Waals surface area contributed by atoms with E-state index in [-0.39, 0.29) is 5.56 Å². The van der Waals surface area contributed by atoms with Crippen LogP contribution < -0.4 is 14.9 Å². The zero-order valence-corrected chi connectivity index (χ0v) is 44.2. The van der Waals surface area contributed by atoms with Crippen molar-refractivity contribution in [3.63, 3.8) is 0 Å². The largest absolute Gasteiger partial charge is 0.501 e. The van der Waals surface area contributed by atoms with Crippen LogP contribution in [0.25, 0.3) is 0 Å². The number of carbonyl (C=O) groups excluding carboxylic acids is 2. The highest BCUT2D eigenvalue weighted by Crippen LogP contribution is 2.55. The average Bonchev–Trinajstić information content (AvgIpc) is 4.09. The van der Waals surface area contributed by atoms with Gasteiger partial charge in [-0.3, -0.25) is 14.6 Å². The number of rotatable bonds is 16. The van der Waals surface area contributed by atoms with E-state index in [1.165, 1.54) is 68.0 Å². The molecule has 0 aromatic heterocycles. The van der Waals surface area contributed by atoms with Gasteiger partial charge < -0.3 is 19.9 Å². The molecular weight excluding hydrogens is 998 g/mol. The fourth-order valence-electron chi connectivity index (χ4n) is 11.1. The van der Waals surface area contributed by atoms with Crippen LogP contribution in [0.2, 0.25) is 0 Å². The summed E-state index contributed by atoms with van der Waals surface area (Å²) in [7, 11) is -11.0. The van der Waals surface area contributed by atoms with Crippen LogP contribution in [0.1, 0.15) is 112 Å². The Kier molecular flexibility index (Phi) is 15.6. The van der Waals surface area contributed by atoms with Gasteiger partial charge in [-0.1, -0.05) is 42.5 Å². The number of sulfonamides is 1. The normalized spacial score (nSPS) is 20.7. The number of amides is 2. The quantitative estimate of drug-likeness (QED) is 0.103. The Morgan fingerprint density at radius 1 is 0.795 bits per heavy atom. The van der Waals surface area contributed by atoms with Crippen molar-refractivity contribution in [2.45, 2.75) is 128 Å². The molecule has 2 aliphatic carbocycles. The van der Waals surface area contributed by atoms with Gasteiger partial charge in [-0.25, -0.2) is 26.4 Å². The van der Waals surface area contributed by atoms with E-state index in [1.807, 2.05) is 35.1 Å². The molecule has 4 aromatic carbocycles. The van der Waals surface area contributed by atoms with Crippen LogP contribution in [0.3, 0.4) is 0 Å². The maximum Gasteiger partial charge on any atom is 0.501 e. The first-order chi connectivity index (χ1) is 34.7. The van der Waals surface area contributed by atoms with Crippen molar-refractivity contribution in [1.82, 2.24) is 19.4 Å². The Balaban J connectivity index is 0.827. The van der Waals surface area contributed by atoms with Gasteiger partial charge in [0.15, 0.2) is 0 Å². The maximum absolute atomic E-state index is 14.3. The van der Waals surface area contributed by atoms with Gasteiger partial charge in [-0.05, 0) is 162 Å². The average molecular weight is 1070 g/mol. The van der Waals surface area contributed by atoms with E-state index < -0.39 is 64.5 Å². The lowest BCUT2D eigenvalue weighted by atomic mass is 9.59. The molecule has 2 N–H and O–H groups in total. The predicted molar refractivity (Wildman–Crippen MR) is 278 cm³/mol. The Morgan fingerprint density at radius 3 is 2.10 bits per heavy atom. The van der Waals surface area contributed by atoms with E-state index >= 15 is 0 Å². The minimum absolute atomic E-state index is 0.0116. The molecule has 5 fully saturated rings. The second kappa shape index (κ2) is 21.4. The van der Waals surface area contributed by atoms with Crippen LogP contribution in [-0.2, 0) is 24.6 Å². The van der Waals surface area contributed by atoms with Crippen molar-refractivity contribution in [1.29, 1.82) is 0 Å². The number of nitrogens with one attached hydrogen (secondary N) is 2. The van der Waals surface area contributed by atoms with Gasteiger partial charge >= 0.3 is 11.6 Å². The monoisotopic (exact) mass is 1060 g/mol. The van der Waals surface area contributed by atoms with E-state index in [9.17, 15) is 39.6 Å². The Hall–Kier alpha value is -4.82. The van der Waals surface area contributed by atoms with Crippen molar-refractivity contribution < 1.29 is 44.3 Å². The third kappa shape index (κ3) is 12.5. The third-order valence-electron chi connectivity index (χ3n) is 15.2. The van der Waals surface area contributed by atoms with Gasteiger partial charge in [0.1, 0.15) is 10.5 Å². The SMILES string of the molecule is CC(C)(C)OC(=O)N1CCN(CCC(CSc2ccccc2)Nc2ccc(S(=O)(=O)NC(=O)c3ccc(N4CCC5(CC4)CC(N4CCC[C@H]4c4ccccc4C4CC4)C5)cc3)cc2S(=O)(=O)C(F)(F)F)CC1. The van der Waals surface area contributed by atoms with Gasteiger partial charge in [-0.2, -0.15) is 13.2 Å². The summed E-state index contributed by atoms with van der Waals surface area (Å²) in [5, 5.41) is 3.00. The van der Waals surface area contributed by atoms with Gasteiger partial charge in [0.2, 0.25) is 0 Å². The summed E-state index contributed by atoms with van der Waals surface area (Å²) < 4.78 is 104. The summed E-state index contributed by atoms with van der Waals surface area (Å²) in [6, 6.07) is 27.9. The zero-order chi connectivity index (χ0) is 51.8. The van der Waals surface area contributed by atoms with Gasteiger partial charge in [0.25, 0.3) is 25.8 Å². The minimum atomic E-state index is -6.10. The van der Waals surface area contributed by atoms with Gasteiger partial charge in [0, 0.05) is 85.8 Å². The molecule has 1 spiro atoms. The summed E-state index contributed by atoms with van der Waals surface area (Å²) in [6.45, 7) is 10.6. The number of halogens is 3. The lowest BCUT2D eigenvalue weighted by Crippen LogP contribution is -2.54. The summed E-state index contributed by atoms with van der Waals surface area (Å²) in [5.74, 6) is 0.0280. The molecule has 0 radical (unpaired) electrons. The number of carbonyl (C=O) groups is 2. The van der Waals surface area contributed by atoms with Crippen molar-refractivity contribution in [3.05, 3.63) is 114 Å². The lowest BCUT2D eigenvalue weighted by molar-refractivity contribution is -0.0436. The fraction of sp³-hybridized carbons (Fsp3) is 0.519. The third-order valence-corrected chi connectivity index (χ3v) is 19.3. The molecule has 9 rings (SSSR count). The molecule has 3 heterocycles. The number of ether oxygens (including phenoxy) is 1. The number of likely N-dealkylation sites (tertiary alicyclic amines) is 1. The van der Waals surface area contributed by atoms with Gasteiger partial charge in [-0.15, -0.1) is 11.8 Å². The van der Waals surface area contributed by atoms with Crippen molar-refractivity contribution in [2.75, 3.05) is 68.3 Å². The molecule has 2 saturated carbocycles. The smallest absolute Gasteiger partial charge is 0.444 e. The first-order valence-corrected chi connectivity index (χ1v) is 29.5. The van der Waals surface area contributed by atoms with E-state index in [2.05, 4.69) is 44.3 Å². The molecule has 1 unspecified atom stereocenters. The molecular formula is C54H67F3N6O7S3. The number of anilines is 2. The number of piperazine rings is 1. The standard InChI is InChI=1S/C54H67F3N6O7S3/c1-52(2,3)70-51(65)62-32-30-60(31-33-62)27-23-40(37-71-43-10-5-4-6-11-43)58-47-22-21-44(34-49(47)72(66,67)54(55,56)57)73(68,69)59-50(64)39-17-19-41(20-18-39)61-28-24-53(25-29-61)35-42(36-53)63-26-9-14-48(63)46-13-8-7-12-45(46)38-15-16-38/h4-8,10-13,17-22,34,38,40,42,48,58H,9,14-16,23-33,35-37H2,1-3H3,(H,59,64)/t40?,48-/m0/s1. The summed E-state index contributed by atoms with van der Waals surface area (Å²) in [6.07, 6.45) is 9.52. The van der Waals surface area contributed by atoms with E-state index in [0.29, 0.717) is 68.5 Å². The minimum Gasteiger partial charge on any atom is -0.444 e. The Morgan fingerprint density at radius 2 is 1.45 bits per heavy atom. The van der Waals surface area contributed by atoms with Crippen LogP contribution in [0, 0.1) is 5.41 Å². The van der Waals surface area contributed by atoms with E-state index in [4.69, 9.17) is 4.74 Å². The van der Waals surface area contributed by atoms with Crippen molar-refractivity contribution in [3.8, 4) is 0 Å². The molecule has 2 atom stereocenters. The Bertz CT molecular complexity index is 2820. The van der Waals surface area contributed by atoms with Crippen LogP contribution in [0.5, 0.6) is 0 Å². The lowest BCUT2D eigenvalue weighted by Gasteiger charge is -2.56. The molecule has 5 aliphatic rings. The van der Waals surface area contributed by atoms with Crippen molar-refractivity contribution >= 4 is 55.0 Å². The molecule has 394 valence electrons. The summed E-state index contributed by atoms with van der Waals surface area (Å²) >= 11 is 1.42. The molecule has 0 bridgehead atoms. The predicted octanol–water partition coefficient (Wildman–Crippen LogP) is 10.1. The zero-order valence-electron chi connectivity index (χ0n) is 41.8. The van der Waals surface area contributed by atoms with Crippen LogP contribution >= 0.6 is 11.8 Å². The molecule has 13 nitrogen and oxygen atoms in total. The number of alkyl halides is 3. The summed E-state index contributed by atoms with van der Waals surface area (Å²) in [4.78, 5) is 33.7. The Labute approximate surface area is 432 Å². The summed E-state index contributed by atoms with van der Waals surface area (Å²) in [5.41, 5.74) is -2.53. The van der Waals surface area contributed by atoms with Crippen LogP contribution in [0.4, 0.5) is 29.3 Å². The topological polar surface area (TPSA) is 149 Å². The molecule has 3 aliphatic heterocycles. The highest BCUT2D eigenvalue weighted by Gasteiger charge is 2.51. The molecule has 4 aromatic rings. The number of thioether (sulfide) groups is 1. The second-order valence-corrected chi connectivity index (χ2v) is 26.2. The highest BCUT2D eigenvalue weighted by molar-refractivity contribution is 7.99. The highest BCUT2D eigenvalue weighted by atomic mass is 32.2. The number of hydrogen-bond donors (Lipinski definition) is 2. The number of benzene rings is 4. The number of hydrogen-bond acceptors (Lipinski definition) is 12. The number of piperidine rings is 1. The fourth-order valence-corrected chi connectivity index (χ4v) is 14.1. The van der Waals surface area contributed by atoms with Gasteiger partial charge in [0.05, 0.1) is 10.6 Å². The molecule has 73 heavy (non-hydrogen) atoms. The number of sulfone groups is 1. The van der Waals surface area contributed by atoms with E-state index in [0.717, 1.165) is 61.1 Å². The first kappa shape index (κ1) is 53.0. The number of nitrogens with zero attached hydrogens (tertiary/aromatic N) is 4. The van der Waals surface area contributed by atoms with Crippen molar-refractivity contribution in [2.24, 2.45) is 5.41 Å². The van der Waals surface area contributed by atoms with Crippen LogP contribution in [-0.4, -0.2) is 125 Å². The molecule has 19 heteroatoms. The van der Waals surface area contributed by atoms with Crippen LogP contribution in [0.15, 0.2) is 112 Å². The maximum atomic E-state index is 14.3. The second-order valence-electron chi connectivity index (χ2n) is 21.5.